The molecule has 4 nitrogen and oxygen atoms in total. The summed E-state index contributed by atoms with van der Waals surface area (Å²) in [5.41, 5.74) is 0.995. The van der Waals surface area contributed by atoms with Crippen LogP contribution >= 0.6 is 0 Å². The summed E-state index contributed by atoms with van der Waals surface area (Å²) in [4.78, 5) is 8.58. The van der Waals surface area contributed by atoms with E-state index < -0.39 is 0 Å². The van der Waals surface area contributed by atoms with Crippen LogP contribution in [-0.2, 0) is 0 Å². The minimum absolute atomic E-state index is 0.151. The lowest BCUT2D eigenvalue weighted by Gasteiger charge is -2.35. The maximum atomic E-state index is 9.26. The highest BCUT2D eigenvalue weighted by Gasteiger charge is 2.23. The molecule has 0 saturated carbocycles. The van der Waals surface area contributed by atoms with Crippen LogP contribution < -0.4 is 0 Å². The Morgan fingerprint density at radius 1 is 1.38 bits per heavy atom. The number of piperazine rings is 1. The second kappa shape index (κ2) is 5.06. The van der Waals surface area contributed by atoms with Gasteiger partial charge in [-0.05, 0) is 13.1 Å². The molecule has 1 aromatic heterocycles. The van der Waals surface area contributed by atoms with E-state index in [-0.39, 0.29) is 6.04 Å². The van der Waals surface area contributed by atoms with Gasteiger partial charge in [-0.1, -0.05) is 6.07 Å². The number of hydrogen-bond acceptors (Lipinski definition) is 4. The van der Waals surface area contributed by atoms with Gasteiger partial charge in [0, 0.05) is 44.1 Å². The summed E-state index contributed by atoms with van der Waals surface area (Å²) in [6.07, 6.45) is 3.52. The van der Waals surface area contributed by atoms with Crippen LogP contribution in [0.25, 0.3) is 0 Å². The minimum atomic E-state index is -0.151. The Kier molecular flexibility index (Phi) is 3.50. The van der Waals surface area contributed by atoms with Gasteiger partial charge in [-0.2, -0.15) is 5.26 Å². The molecule has 0 aliphatic carbocycles. The number of rotatable bonds is 2. The predicted molar refractivity (Wildman–Crippen MR) is 61.7 cm³/mol. The van der Waals surface area contributed by atoms with Gasteiger partial charge in [0.25, 0.3) is 0 Å². The first-order valence-electron chi connectivity index (χ1n) is 5.53. The Labute approximate surface area is 96.1 Å². The molecule has 0 N–H and O–H groups in total. The number of likely N-dealkylation sites (N-methyl/N-ethyl adjacent to an activating group) is 1. The van der Waals surface area contributed by atoms with E-state index in [9.17, 15) is 5.26 Å². The number of nitrogens with zero attached hydrogens (tertiary/aromatic N) is 4. The summed E-state index contributed by atoms with van der Waals surface area (Å²) >= 11 is 0. The van der Waals surface area contributed by atoms with Gasteiger partial charge in [0.05, 0.1) is 6.07 Å². The lowest BCUT2D eigenvalue weighted by atomic mass is 10.1. The van der Waals surface area contributed by atoms with Crippen molar-refractivity contribution < 1.29 is 0 Å². The monoisotopic (exact) mass is 216 g/mol. The number of pyridine rings is 1. The summed E-state index contributed by atoms with van der Waals surface area (Å²) in [6.45, 7) is 3.95. The van der Waals surface area contributed by atoms with E-state index in [1.54, 1.807) is 12.4 Å². The van der Waals surface area contributed by atoms with Crippen molar-refractivity contribution in [3.8, 4) is 6.07 Å². The fraction of sp³-hybridized carbons (Fsp3) is 0.500. The van der Waals surface area contributed by atoms with E-state index >= 15 is 0 Å². The maximum absolute atomic E-state index is 9.26. The fourth-order valence-electron chi connectivity index (χ4n) is 1.98. The summed E-state index contributed by atoms with van der Waals surface area (Å²) < 4.78 is 0. The molecular weight excluding hydrogens is 200 g/mol. The molecule has 4 heteroatoms. The van der Waals surface area contributed by atoms with Crippen molar-refractivity contribution >= 4 is 0 Å². The van der Waals surface area contributed by atoms with Gasteiger partial charge in [-0.25, -0.2) is 0 Å². The molecule has 0 bridgehead atoms. The average molecular weight is 216 g/mol. The standard InChI is InChI=1S/C12H16N4/c1-15-5-7-16(8-6-15)12(9-13)11-3-2-4-14-10-11/h2-4,10,12H,5-8H2,1H3. The van der Waals surface area contributed by atoms with Crippen LogP contribution in [0.5, 0.6) is 0 Å². The van der Waals surface area contributed by atoms with Crippen molar-refractivity contribution in [3.63, 3.8) is 0 Å². The Hall–Kier alpha value is -1.44. The highest BCUT2D eigenvalue weighted by molar-refractivity contribution is 5.20. The van der Waals surface area contributed by atoms with E-state index in [0.717, 1.165) is 31.7 Å². The van der Waals surface area contributed by atoms with Gasteiger partial charge < -0.3 is 4.90 Å². The summed E-state index contributed by atoms with van der Waals surface area (Å²) in [5, 5.41) is 9.26. The van der Waals surface area contributed by atoms with Gasteiger partial charge in [0.2, 0.25) is 0 Å². The number of aromatic nitrogens is 1. The van der Waals surface area contributed by atoms with Crippen LogP contribution in [0.2, 0.25) is 0 Å². The molecule has 0 amide bonds. The second-order valence-electron chi connectivity index (χ2n) is 4.16. The van der Waals surface area contributed by atoms with Crippen molar-refractivity contribution in [3.05, 3.63) is 30.1 Å². The molecule has 1 fully saturated rings. The van der Waals surface area contributed by atoms with Crippen molar-refractivity contribution in [1.82, 2.24) is 14.8 Å². The molecule has 0 aromatic carbocycles. The normalized spacial score (nSPS) is 20.2. The van der Waals surface area contributed by atoms with Gasteiger partial charge in [0.1, 0.15) is 6.04 Å². The van der Waals surface area contributed by atoms with Crippen LogP contribution in [0.4, 0.5) is 0 Å². The van der Waals surface area contributed by atoms with E-state index in [2.05, 4.69) is 27.9 Å². The van der Waals surface area contributed by atoms with Crippen LogP contribution in [0, 0.1) is 11.3 Å². The lowest BCUT2D eigenvalue weighted by Crippen LogP contribution is -2.45. The van der Waals surface area contributed by atoms with Crippen molar-refractivity contribution in [2.75, 3.05) is 33.2 Å². The molecule has 84 valence electrons. The Balaban J connectivity index is 2.09. The topological polar surface area (TPSA) is 43.2 Å². The summed E-state index contributed by atoms with van der Waals surface area (Å²) in [6, 6.07) is 6.08. The predicted octanol–water partition coefficient (Wildman–Crippen LogP) is 0.894. The first-order chi connectivity index (χ1) is 7.81. The molecule has 1 atom stereocenters. The third-order valence-electron chi connectivity index (χ3n) is 3.03. The van der Waals surface area contributed by atoms with Crippen molar-refractivity contribution in [1.29, 1.82) is 5.26 Å². The molecule has 0 radical (unpaired) electrons. The molecule has 1 aliphatic heterocycles. The Morgan fingerprint density at radius 2 is 2.12 bits per heavy atom. The van der Waals surface area contributed by atoms with Gasteiger partial charge in [-0.3, -0.25) is 9.88 Å². The summed E-state index contributed by atoms with van der Waals surface area (Å²) in [7, 11) is 2.11. The smallest absolute Gasteiger partial charge is 0.125 e. The Morgan fingerprint density at radius 3 is 2.69 bits per heavy atom. The van der Waals surface area contributed by atoms with E-state index in [1.165, 1.54) is 0 Å². The van der Waals surface area contributed by atoms with E-state index in [0.29, 0.717) is 0 Å². The summed E-state index contributed by atoms with van der Waals surface area (Å²) in [5.74, 6) is 0. The quantitative estimate of drug-likeness (QED) is 0.736. The van der Waals surface area contributed by atoms with Gasteiger partial charge in [-0.15, -0.1) is 0 Å². The molecule has 1 aromatic rings. The van der Waals surface area contributed by atoms with E-state index in [1.807, 2.05) is 12.1 Å². The molecule has 1 aliphatic rings. The van der Waals surface area contributed by atoms with Gasteiger partial charge in [0.15, 0.2) is 0 Å². The number of hydrogen-bond donors (Lipinski definition) is 0. The molecular formula is C12H16N4. The number of nitriles is 1. The van der Waals surface area contributed by atoms with E-state index in [4.69, 9.17) is 0 Å². The molecule has 0 spiro atoms. The van der Waals surface area contributed by atoms with Crippen LogP contribution in [0.3, 0.4) is 0 Å². The second-order valence-corrected chi connectivity index (χ2v) is 4.16. The molecule has 2 rings (SSSR count). The molecule has 1 saturated heterocycles. The SMILES string of the molecule is CN1CCN(C(C#N)c2cccnc2)CC1. The zero-order valence-corrected chi connectivity index (χ0v) is 9.50. The lowest BCUT2D eigenvalue weighted by molar-refractivity contribution is 0.132. The Bertz CT molecular complexity index is 362. The highest BCUT2D eigenvalue weighted by Crippen LogP contribution is 2.20. The maximum Gasteiger partial charge on any atom is 0.125 e. The van der Waals surface area contributed by atoms with Crippen LogP contribution in [0.15, 0.2) is 24.5 Å². The van der Waals surface area contributed by atoms with Gasteiger partial charge >= 0.3 is 0 Å². The average Bonchev–Trinajstić information content (AvgIpc) is 2.34. The third kappa shape index (κ3) is 2.38. The van der Waals surface area contributed by atoms with Crippen molar-refractivity contribution in [2.45, 2.75) is 6.04 Å². The molecule has 1 unspecified atom stereocenters. The third-order valence-corrected chi connectivity index (χ3v) is 3.03. The van der Waals surface area contributed by atoms with Crippen LogP contribution in [0.1, 0.15) is 11.6 Å². The fourth-order valence-corrected chi connectivity index (χ4v) is 1.98. The zero-order chi connectivity index (χ0) is 11.4. The highest BCUT2D eigenvalue weighted by atomic mass is 15.3. The first kappa shape index (κ1) is 11.1. The molecule has 2 heterocycles. The molecule has 16 heavy (non-hydrogen) atoms. The van der Waals surface area contributed by atoms with Crippen LogP contribution in [-0.4, -0.2) is 48.0 Å². The first-order valence-corrected chi connectivity index (χ1v) is 5.53. The van der Waals surface area contributed by atoms with Crippen molar-refractivity contribution in [2.24, 2.45) is 0 Å². The largest absolute Gasteiger partial charge is 0.304 e. The zero-order valence-electron chi connectivity index (χ0n) is 9.50. The minimum Gasteiger partial charge on any atom is -0.304 e.